The van der Waals surface area contributed by atoms with E-state index in [1.807, 2.05) is 19.6 Å². The summed E-state index contributed by atoms with van der Waals surface area (Å²) >= 11 is 6.53. The fraction of sp³-hybridized carbons (Fsp3) is 1.00. The molecule has 0 spiro atoms. The van der Waals surface area contributed by atoms with E-state index in [1.54, 1.807) is 0 Å². The molecule has 128 valence electrons. The molecule has 0 aromatic heterocycles. The summed E-state index contributed by atoms with van der Waals surface area (Å²) in [6.07, 6.45) is 0. The fourth-order valence-electron chi connectivity index (χ4n) is 2.38. The highest BCUT2D eigenvalue weighted by atomic mass is 35.6. The maximum absolute atomic E-state index is 6.53. The quantitative estimate of drug-likeness (QED) is 0.424. The SMILES string of the molecule is C[Si](C)(C)O[Si](C)(C)O[Si](C)(C)O[Si](C)(Cl)O[Si](C)(C)C. The first kappa shape index (κ1) is 22.2. The lowest BCUT2D eigenvalue weighted by Gasteiger charge is -2.40. The van der Waals surface area contributed by atoms with Gasteiger partial charge in [-0.15, -0.1) is 11.1 Å². The number of hydrogen-bond acceptors (Lipinski definition) is 4. The van der Waals surface area contributed by atoms with Crippen LogP contribution in [0.15, 0.2) is 0 Å². The Morgan fingerprint density at radius 2 is 0.810 bits per heavy atom. The summed E-state index contributed by atoms with van der Waals surface area (Å²) < 4.78 is 24.7. The maximum atomic E-state index is 6.53. The van der Waals surface area contributed by atoms with E-state index in [-0.39, 0.29) is 0 Å². The van der Waals surface area contributed by atoms with Gasteiger partial charge in [0.2, 0.25) is 0 Å². The third-order valence-electron chi connectivity index (χ3n) is 1.96. The van der Waals surface area contributed by atoms with Gasteiger partial charge in [-0.25, -0.2) is 0 Å². The van der Waals surface area contributed by atoms with E-state index in [4.69, 9.17) is 27.5 Å². The minimum atomic E-state index is -2.68. The molecule has 1 unspecified atom stereocenters. The molecule has 0 fully saturated rings. The van der Waals surface area contributed by atoms with Gasteiger partial charge >= 0.3 is 25.0 Å². The average Bonchev–Trinajstić information content (AvgIpc) is 1.83. The first-order valence-corrected chi connectivity index (χ1v) is 23.1. The molecular formula is C11H33ClO4Si5. The van der Waals surface area contributed by atoms with Crippen LogP contribution in [0.3, 0.4) is 0 Å². The van der Waals surface area contributed by atoms with Crippen molar-refractivity contribution in [2.24, 2.45) is 0 Å². The highest BCUT2D eigenvalue weighted by molar-refractivity contribution is 7.17. The Balaban J connectivity index is 4.83. The van der Waals surface area contributed by atoms with E-state index in [9.17, 15) is 0 Å². The standard InChI is InChI=1S/C11H33ClO4Si5/c1-17(2,3)13-19(7,8)15-20(9,10)16-21(11,12)14-18(4,5)6/h1-11H3. The lowest BCUT2D eigenvalue weighted by atomic mass is 11.8. The smallest absolute Gasteiger partial charge is 0.420 e. The maximum Gasteiger partial charge on any atom is 0.420 e. The highest BCUT2D eigenvalue weighted by Crippen LogP contribution is 2.27. The molecule has 0 aliphatic rings. The topological polar surface area (TPSA) is 36.9 Å². The van der Waals surface area contributed by atoms with Crippen molar-refractivity contribution in [3.8, 4) is 0 Å². The largest absolute Gasteiger partial charge is 0.437 e. The summed E-state index contributed by atoms with van der Waals surface area (Å²) in [6.45, 7) is 23.0. The summed E-state index contributed by atoms with van der Waals surface area (Å²) in [7, 11) is -10.6. The van der Waals surface area contributed by atoms with Crippen molar-refractivity contribution in [3.63, 3.8) is 0 Å². The summed E-state index contributed by atoms with van der Waals surface area (Å²) in [4.78, 5) is 0. The Kier molecular flexibility index (Phi) is 7.39. The van der Waals surface area contributed by atoms with Gasteiger partial charge in [-0.1, -0.05) is 0 Å². The predicted molar refractivity (Wildman–Crippen MR) is 103 cm³/mol. The van der Waals surface area contributed by atoms with Crippen LogP contribution in [0.2, 0.25) is 72.0 Å². The van der Waals surface area contributed by atoms with Crippen molar-refractivity contribution >= 4 is 52.7 Å². The normalized spacial score (nSPS) is 17.7. The van der Waals surface area contributed by atoms with Crippen LogP contribution in [0.5, 0.6) is 0 Å². The molecule has 0 saturated carbocycles. The zero-order valence-corrected chi connectivity index (χ0v) is 21.3. The Hall–Kier alpha value is 1.21. The number of rotatable bonds is 8. The molecule has 4 nitrogen and oxygen atoms in total. The summed E-state index contributed by atoms with van der Waals surface area (Å²) in [5, 5.41) is 0. The van der Waals surface area contributed by atoms with E-state index >= 15 is 0 Å². The lowest BCUT2D eigenvalue weighted by molar-refractivity contribution is 0.307. The first-order valence-electron chi connectivity index (χ1n) is 7.32. The van der Waals surface area contributed by atoms with Gasteiger partial charge < -0.3 is 16.5 Å². The van der Waals surface area contributed by atoms with E-state index in [0.717, 1.165) is 0 Å². The van der Waals surface area contributed by atoms with Gasteiger partial charge in [0, 0.05) is 0 Å². The van der Waals surface area contributed by atoms with Crippen LogP contribution < -0.4 is 0 Å². The molecule has 0 bridgehead atoms. The van der Waals surface area contributed by atoms with Crippen molar-refractivity contribution in [1.29, 1.82) is 0 Å². The molecule has 10 heteroatoms. The molecule has 1 atom stereocenters. The molecule has 21 heavy (non-hydrogen) atoms. The Morgan fingerprint density at radius 1 is 0.476 bits per heavy atom. The van der Waals surface area contributed by atoms with Crippen LogP contribution in [0.4, 0.5) is 0 Å². The van der Waals surface area contributed by atoms with E-state index < -0.39 is 41.6 Å². The van der Waals surface area contributed by atoms with Crippen molar-refractivity contribution in [1.82, 2.24) is 0 Å². The van der Waals surface area contributed by atoms with Crippen LogP contribution in [-0.2, 0) is 16.5 Å². The monoisotopic (exact) mass is 404 g/mol. The summed E-state index contributed by atoms with van der Waals surface area (Å²) in [5.74, 6) is 0. The lowest BCUT2D eigenvalue weighted by Crippen LogP contribution is -2.57. The van der Waals surface area contributed by atoms with Gasteiger partial charge in [0.05, 0.1) is 0 Å². The van der Waals surface area contributed by atoms with Crippen molar-refractivity contribution < 1.29 is 16.5 Å². The molecule has 0 heterocycles. The van der Waals surface area contributed by atoms with E-state index in [0.29, 0.717) is 0 Å². The van der Waals surface area contributed by atoms with Crippen LogP contribution in [0.1, 0.15) is 0 Å². The minimum absolute atomic E-state index is 1.63. The minimum Gasteiger partial charge on any atom is -0.437 e. The zero-order valence-electron chi connectivity index (χ0n) is 15.5. The van der Waals surface area contributed by atoms with Crippen molar-refractivity contribution in [2.45, 2.75) is 72.0 Å². The van der Waals surface area contributed by atoms with Crippen molar-refractivity contribution in [2.75, 3.05) is 0 Å². The van der Waals surface area contributed by atoms with Gasteiger partial charge in [0.15, 0.2) is 16.6 Å². The fourth-order valence-corrected chi connectivity index (χ4v) is 26.3. The molecule has 0 radical (unpaired) electrons. The molecule has 0 aliphatic carbocycles. The summed E-state index contributed by atoms with van der Waals surface area (Å²) in [6, 6.07) is 0. The first-order chi connectivity index (χ1) is 8.83. The molecule has 0 aromatic carbocycles. The third-order valence-corrected chi connectivity index (χ3v) is 19.0. The average molecular weight is 405 g/mol. The summed E-state index contributed by atoms with van der Waals surface area (Å²) in [5.41, 5.74) is 0. The predicted octanol–water partition coefficient (Wildman–Crippen LogP) is 4.93. The molecular weight excluding hydrogens is 372 g/mol. The van der Waals surface area contributed by atoms with Gasteiger partial charge in [0.1, 0.15) is 0 Å². The van der Waals surface area contributed by atoms with Crippen molar-refractivity contribution in [3.05, 3.63) is 0 Å². The van der Waals surface area contributed by atoms with Crippen LogP contribution in [-0.4, -0.2) is 41.6 Å². The second-order valence-corrected chi connectivity index (χ2v) is 29.3. The zero-order chi connectivity index (χ0) is 17.3. The second-order valence-electron chi connectivity index (χ2n) is 8.27. The Morgan fingerprint density at radius 3 is 1.14 bits per heavy atom. The molecule has 0 rings (SSSR count). The van der Waals surface area contributed by atoms with Gasteiger partial charge in [0.25, 0.3) is 0 Å². The second kappa shape index (κ2) is 6.99. The molecule has 0 aromatic rings. The van der Waals surface area contributed by atoms with E-state index in [2.05, 4.69) is 52.4 Å². The van der Waals surface area contributed by atoms with E-state index in [1.165, 1.54) is 0 Å². The van der Waals surface area contributed by atoms with Gasteiger partial charge in [-0.2, -0.15) is 0 Å². The highest BCUT2D eigenvalue weighted by Gasteiger charge is 2.46. The van der Waals surface area contributed by atoms with Gasteiger partial charge in [-0.05, 0) is 72.0 Å². The molecule has 0 amide bonds. The van der Waals surface area contributed by atoms with Gasteiger partial charge in [-0.3, -0.25) is 0 Å². The Labute approximate surface area is 141 Å². The van der Waals surface area contributed by atoms with Crippen LogP contribution in [0, 0.1) is 0 Å². The molecule has 0 aliphatic heterocycles. The number of halogens is 1. The molecule has 0 N–H and O–H groups in total. The molecule has 0 saturated heterocycles. The van der Waals surface area contributed by atoms with Crippen LogP contribution in [0.25, 0.3) is 0 Å². The third kappa shape index (κ3) is 12.3. The Bertz CT molecular complexity index is 318. The number of hydrogen-bond donors (Lipinski definition) is 0. The van der Waals surface area contributed by atoms with Crippen LogP contribution >= 0.6 is 11.1 Å².